The second-order valence-electron chi connectivity index (χ2n) is 6.59. The Kier molecular flexibility index (Phi) is 4.22. The number of carbonyl (C=O) groups excluding carboxylic acids is 1. The lowest BCUT2D eigenvalue weighted by atomic mass is 10.0. The fourth-order valence-corrected chi connectivity index (χ4v) is 3.53. The number of aromatic carboxylic acids is 1. The smallest absolute Gasteiger partial charge is 0.198 e. The molecule has 1 aliphatic heterocycles. The molecule has 2 atom stereocenters. The molecule has 2 heterocycles. The summed E-state index contributed by atoms with van der Waals surface area (Å²) in [5.41, 5.74) is 2.27. The highest BCUT2D eigenvalue weighted by Crippen LogP contribution is 2.13. The third-order valence-electron chi connectivity index (χ3n) is 5.03. The molecule has 0 spiro atoms. The van der Waals surface area contributed by atoms with Crippen LogP contribution in [0.1, 0.15) is 47.8 Å². The van der Waals surface area contributed by atoms with Gasteiger partial charge >= 0.3 is 0 Å². The summed E-state index contributed by atoms with van der Waals surface area (Å²) in [6.45, 7) is 5.91. The number of H-pyrrole nitrogens is 1. The summed E-state index contributed by atoms with van der Waals surface area (Å²) < 4.78 is 0. The lowest BCUT2D eigenvalue weighted by Gasteiger charge is -2.30. The van der Waals surface area contributed by atoms with Crippen molar-refractivity contribution in [2.24, 2.45) is 0 Å². The van der Waals surface area contributed by atoms with E-state index >= 15 is 0 Å². The number of carbonyl (C=O) groups is 1. The topological polar surface area (TPSA) is 77.4 Å². The number of carboxylic acid groups (broad SMARTS) is 1. The van der Waals surface area contributed by atoms with Crippen LogP contribution in [-0.4, -0.2) is 23.5 Å². The molecule has 5 heteroatoms. The Morgan fingerprint density at radius 2 is 2.17 bits per heavy atom. The van der Waals surface area contributed by atoms with Gasteiger partial charge in [0, 0.05) is 16.6 Å². The van der Waals surface area contributed by atoms with Crippen molar-refractivity contribution in [3.8, 4) is 0 Å². The Morgan fingerprint density at radius 3 is 2.87 bits per heavy atom. The Labute approximate surface area is 134 Å². The lowest BCUT2D eigenvalue weighted by molar-refractivity contribution is -0.942. The highest BCUT2D eigenvalue weighted by atomic mass is 16.4. The van der Waals surface area contributed by atoms with E-state index in [4.69, 9.17) is 0 Å². The van der Waals surface area contributed by atoms with Crippen molar-refractivity contribution in [3.63, 3.8) is 0 Å². The third-order valence-corrected chi connectivity index (χ3v) is 5.03. The fourth-order valence-electron chi connectivity index (χ4n) is 3.53. The molecular formula is C18H22N2O3. The van der Waals surface area contributed by atoms with E-state index in [1.165, 1.54) is 36.3 Å². The van der Waals surface area contributed by atoms with E-state index in [2.05, 4.69) is 11.9 Å². The molecule has 2 aromatic rings. The Morgan fingerprint density at radius 1 is 1.39 bits per heavy atom. The number of rotatable bonds is 3. The first-order valence-corrected chi connectivity index (χ1v) is 8.19. The number of likely N-dealkylation sites (tertiary alicyclic amines) is 1. The molecule has 0 bridgehead atoms. The average molecular weight is 314 g/mol. The molecule has 0 aliphatic carbocycles. The van der Waals surface area contributed by atoms with E-state index in [1.807, 2.05) is 6.92 Å². The van der Waals surface area contributed by atoms with Gasteiger partial charge in [-0.2, -0.15) is 0 Å². The van der Waals surface area contributed by atoms with Crippen LogP contribution in [0.4, 0.5) is 0 Å². The first-order chi connectivity index (χ1) is 11.0. The summed E-state index contributed by atoms with van der Waals surface area (Å²) in [4.78, 5) is 28.6. The average Bonchev–Trinajstić information content (AvgIpc) is 2.52. The second kappa shape index (κ2) is 6.16. The van der Waals surface area contributed by atoms with Gasteiger partial charge in [-0.05, 0) is 50.8 Å². The molecule has 1 aliphatic rings. The number of hydrogen-bond acceptors (Lipinski definition) is 3. The third kappa shape index (κ3) is 3.01. The number of benzene rings is 1. The van der Waals surface area contributed by atoms with Crippen LogP contribution in [0.15, 0.2) is 23.0 Å². The first kappa shape index (κ1) is 15.7. The Balaban J connectivity index is 2.05. The predicted molar refractivity (Wildman–Crippen MR) is 86.5 cm³/mol. The number of aromatic amines is 1. The number of aromatic nitrogens is 1. The number of aryl methyl sites for hydroxylation is 1. The summed E-state index contributed by atoms with van der Waals surface area (Å²) >= 11 is 0. The molecule has 23 heavy (non-hydrogen) atoms. The maximum absolute atomic E-state index is 12.9. The summed E-state index contributed by atoms with van der Waals surface area (Å²) in [6, 6.07) is 5.06. The Bertz CT molecular complexity index is 810. The molecular weight excluding hydrogens is 292 g/mol. The summed E-state index contributed by atoms with van der Waals surface area (Å²) in [6.07, 6.45) is 3.64. The van der Waals surface area contributed by atoms with Gasteiger partial charge in [-0.3, -0.25) is 4.79 Å². The van der Waals surface area contributed by atoms with E-state index in [-0.39, 0.29) is 11.0 Å². The predicted octanol–water partition coefficient (Wildman–Crippen LogP) is 0.157. The monoisotopic (exact) mass is 314 g/mol. The number of pyridine rings is 1. The normalized spacial score (nSPS) is 21.5. The van der Waals surface area contributed by atoms with Gasteiger partial charge in [0.2, 0.25) is 0 Å². The van der Waals surface area contributed by atoms with Gasteiger partial charge in [-0.15, -0.1) is 0 Å². The van der Waals surface area contributed by atoms with E-state index < -0.39 is 5.97 Å². The minimum Gasteiger partial charge on any atom is -0.545 e. The van der Waals surface area contributed by atoms with Crippen molar-refractivity contribution in [2.75, 3.05) is 6.54 Å². The van der Waals surface area contributed by atoms with E-state index in [1.54, 1.807) is 6.07 Å². The van der Waals surface area contributed by atoms with Crippen LogP contribution in [0.3, 0.4) is 0 Å². The number of nitrogens with one attached hydrogen (secondary N) is 2. The van der Waals surface area contributed by atoms with Crippen LogP contribution < -0.4 is 15.4 Å². The molecule has 1 saturated heterocycles. The summed E-state index contributed by atoms with van der Waals surface area (Å²) in [5.74, 6) is -1.26. The largest absolute Gasteiger partial charge is 0.545 e. The van der Waals surface area contributed by atoms with Gasteiger partial charge < -0.3 is 19.8 Å². The second-order valence-corrected chi connectivity index (χ2v) is 6.59. The highest BCUT2D eigenvalue weighted by Gasteiger charge is 2.24. The van der Waals surface area contributed by atoms with Crippen LogP contribution in [0.25, 0.3) is 10.9 Å². The van der Waals surface area contributed by atoms with Crippen molar-refractivity contribution < 1.29 is 14.8 Å². The number of fused-ring (bicyclic) bond motifs is 1. The van der Waals surface area contributed by atoms with Crippen LogP contribution in [0.5, 0.6) is 0 Å². The minimum absolute atomic E-state index is 0.0384. The molecule has 5 nitrogen and oxygen atoms in total. The van der Waals surface area contributed by atoms with E-state index in [0.29, 0.717) is 23.5 Å². The van der Waals surface area contributed by atoms with Gasteiger partial charge in [0.05, 0.1) is 24.1 Å². The zero-order chi connectivity index (χ0) is 16.6. The van der Waals surface area contributed by atoms with Gasteiger partial charge in [0.15, 0.2) is 5.43 Å². The van der Waals surface area contributed by atoms with Gasteiger partial charge in [-0.25, -0.2) is 0 Å². The van der Waals surface area contributed by atoms with Crippen molar-refractivity contribution in [1.82, 2.24) is 4.98 Å². The lowest BCUT2D eigenvalue weighted by Crippen LogP contribution is -3.15. The SMILES string of the molecule is Cc1[nH]c2ccc(C(=O)[O-])cc2c(=O)c1C[NH+]1CCCC[C@@H]1C. The first-order valence-electron chi connectivity index (χ1n) is 8.19. The van der Waals surface area contributed by atoms with Crippen LogP contribution in [-0.2, 0) is 6.54 Å². The van der Waals surface area contributed by atoms with Crippen molar-refractivity contribution in [3.05, 3.63) is 45.2 Å². The molecule has 1 unspecified atom stereocenters. The molecule has 122 valence electrons. The van der Waals surface area contributed by atoms with Crippen LogP contribution in [0.2, 0.25) is 0 Å². The Hall–Kier alpha value is -2.14. The number of quaternary nitrogens is 1. The molecule has 2 N–H and O–H groups in total. The fraction of sp³-hybridized carbons (Fsp3) is 0.444. The van der Waals surface area contributed by atoms with Gasteiger partial charge in [-0.1, -0.05) is 6.07 Å². The van der Waals surface area contributed by atoms with Gasteiger partial charge in [0.25, 0.3) is 0 Å². The van der Waals surface area contributed by atoms with Crippen molar-refractivity contribution in [2.45, 2.75) is 45.7 Å². The van der Waals surface area contributed by atoms with E-state index in [0.717, 1.165) is 17.8 Å². The molecule has 3 rings (SSSR count). The summed E-state index contributed by atoms with van der Waals surface area (Å²) in [7, 11) is 0. The van der Waals surface area contributed by atoms with Crippen LogP contribution >= 0.6 is 0 Å². The van der Waals surface area contributed by atoms with Crippen molar-refractivity contribution in [1.29, 1.82) is 0 Å². The molecule has 0 amide bonds. The van der Waals surface area contributed by atoms with Crippen LogP contribution in [0, 0.1) is 6.92 Å². The van der Waals surface area contributed by atoms with Crippen molar-refractivity contribution >= 4 is 16.9 Å². The summed E-state index contributed by atoms with van der Waals surface area (Å²) in [5, 5.41) is 11.5. The molecule has 1 aromatic carbocycles. The quantitative estimate of drug-likeness (QED) is 0.847. The minimum atomic E-state index is -1.26. The molecule has 0 radical (unpaired) electrons. The number of carboxylic acids is 1. The zero-order valence-corrected chi connectivity index (χ0v) is 13.6. The van der Waals surface area contributed by atoms with E-state index in [9.17, 15) is 14.7 Å². The molecule has 0 saturated carbocycles. The maximum Gasteiger partial charge on any atom is 0.198 e. The van der Waals surface area contributed by atoms with Gasteiger partial charge in [0.1, 0.15) is 6.54 Å². The number of hydrogen-bond donors (Lipinski definition) is 2. The maximum atomic E-state index is 12.9. The molecule has 1 fully saturated rings. The number of piperidine rings is 1. The standard InChI is InChI=1S/C18H22N2O3/c1-11-5-3-4-8-20(11)10-15-12(2)19-16-7-6-13(18(22)23)9-14(16)17(15)21/h6-7,9,11H,3-5,8,10H2,1-2H3,(H,19,21)(H,22,23)/t11-/m0/s1. The molecule has 1 aromatic heterocycles. The zero-order valence-electron chi connectivity index (χ0n) is 13.6. The highest BCUT2D eigenvalue weighted by molar-refractivity contribution is 5.92.